The van der Waals surface area contributed by atoms with Gasteiger partial charge in [0.2, 0.25) is 0 Å². The van der Waals surface area contributed by atoms with Crippen molar-refractivity contribution in [1.29, 1.82) is 0 Å². The van der Waals surface area contributed by atoms with Gasteiger partial charge in [-0.25, -0.2) is 0 Å². The molecule has 0 saturated carbocycles. The Labute approximate surface area is 163 Å². The maximum atomic E-state index is 12.3. The number of para-hydroxylation sites is 2. The van der Waals surface area contributed by atoms with E-state index < -0.39 is 0 Å². The van der Waals surface area contributed by atoms with Crippen molar-refractivity contribution in [2.75, 3.05) is 18.2 Å². The smallest absolute Gasteiger partial charge is 0.255 e. The van der Waals surface area contributed by atoms with Crippen molar-refractivity contribution in [3.63, 3.8) is 0 Å². The maximum absolute atomic E-state index is 12.3. The Bertz CT molecular complexity index is 967. The van der Waals surface area contributed by atoms with Crippen LogP contribution in [0.15, 0.2) is 72.8 Å². The molecule has 0 spiro atoms. The highest BCUT2D eigenvalue weighted by molar-refractivity contribution is 6.05. The van der Waals surface area contributed by atoms with E-state index in [4.69, 9.17) is 10.5 Å². The monoisotopic (exact) mass is 375 g/mol. The summed E-state index contributed by atoms with van der Waals surface area (Å²) in [4.78, 5) is 24.5. The topological polar surface area (TPSA) is 93.4 Å². The van der Waals surface area contributed by atoms with E-state index in [1.54, 1.807) is 79.9 Å². The van der Waals surface area contributed by atoms with E-state index in [2.05, 4.69) is 10.6 Å². The number of nitrogens with one attached hydrogen (secondary N) is 2. The molecule has 0 aromatic heterocycles. The molecule has 0 saturated heterocycles. The molecule has 3 aromatic carbocycles. The number of carbonyl (C=O) groups excluding carboxylic acids is 2. The minimum atomic E-state index is -0.244. The van der Waals surface area contributed by atoms with Gasteiger partial charge in [0.1, 0.15) is 5.75 Å². The van der Waals surface area contributed by atoms with E-state index in [0.717, 1.165) is 5.56 Å². The minimum absolute atomic E-state index is 0.177. The SMILES string of the molecule is COc1ccc(C(=O)NCc2ccc(C(=O)Nc3ccccc3N)cc2)cc1. The van der Waals surface area contributed by atoms with Gasteiger partial charge in [-0.05, 0) is 54.1 Å². The molecule has 0 radical (unpaired) electrons. The van der Waals surface area contributed by atoms with Crippen LogP contribution in [0.3, 0.4) is 0 Å². The molecular formula is C22H21N3O3. The first kappa shape index (κ1) is 19.0. The standard InChI is InChI=1S/C22H21N3O3/c1-28-18-12-10-16(11-13-18)21(26)24-14-15-6-8-17(9-7-15)22(27)25-20-5-3-2-4-19(20)23/h2-13H,14,23H2,1H3,(H,24,26)(H,25,27). The van der Waals surface area contributed by atoms with Gasteiger partial charge in [0.15, 0.2) is 0 Å². The molecule has 0 aliphatic rings. The fourth-order valence-electron chi connectivity index (χ4n) is 2.61. The molecule has 0 bridgehead atoms. The summed E-state index contributed by atoms with van der Waals surface area (Å²) < 4.78 is 5.08. The quantitative estimate of drug-likeness (QED) is 0.575. The second-order valence-corrected chi connectivity index (χ2v) is 6.15. The second kappa shape index (κ2) is 8.73. The number of rotatable bonds is 6. The number of amides is 2. The van der Waals surface area contributed by atoms with E-state index >= 15 is 0 Å². The van der Waals surface area contributed by atoms with Crippen LogP contribution in [0.4, 0.5) is 11.4 Å². The van der Waals surface area contributed by atoms with Gasteiger partial charge in [-0.15, -0.1) is 0 Å². The van der Waals surface area contributed by atoms with Crippen LogP contribution >= 0.6 is 0 Å². The van der Waals surface area contributed by atoms with Crippen LogP contribution < -0.4 is 21.1 Å². The van der Waals surface area contributed by atoms with Crippen LogP contribution in [-0.4, -0.2) is 18.9 Å². The minimum Gasteiger partial charge on any atom is -0.497 e. The summed E-state index contributed by atoms with van der Waals surface area (Å²) in [6.07, 6.45) is 0. The van der Waals surface area contributed by atoms with Crippen molar-refractivity contribution < 1.29 is 14.3 Å². The van der Waals surface area contributed by atoms with Crippen LogP contribution in [0.25, 0.3) is 0 Å². The van der Waals surface area contributed by atoms with Gasteiger partial charge in [-0.3, -0.25) is 9.59 Å². The Hall–Kier alpha value is -3.80. The second-order valence-electron chi connectivity index (χ2n) is 6.15. The zero-order valence-corrected chi connectivity index (χ0v) is 15.4. The van der Waals surface area contributed by atoms with Crippen LogP contribution in [0.2, 0.25) is 0 Å². The predicted octanol–water partition coefficient (Wildman–Crippen LogP) is 3.46. The van der Waals surface area contributed by atoms with Gasteiger partial charge in [0.05, 0.1) is 18.5 Å². The molecule has 0 aliphatic carbocycles. The number of nitrogen functional groups attached to an aromatic ring is 1. The molecule has 0 fully saturated rings. The number of hydrogen-bond donors (Lipinski definition) is 3. The van der Waals surface area contributed by atoms with Gasteiger partial charge < -0.3 is 21.1 Å². The largest absolute Gasteiger partial charge is 0.497 e. The van der Waals surface area contributed by atoms with Crippen molar-refractivity contribution in [3.05, 3.63) is 89.5 Å². The predicted molar refractivity (Wildman–Crippen MR) is 109 cm³/mol. The molecule has 0 heterocycles. The third kappa shape index (κ3) is 4.67. The van der Waals surface area contributed by atoms with Gasteiger partial charge >= 0.3 is 0 Å². The summed E-state index contributed by atoms with van der Waals surface area (Å²) in [5.41, 5.74) is 8.87. The van der Waals surface area contributed by atoms with Gasteiger partial charge in [0.25, 0.3) is 11.8 Å². The normalized spacial score (nSPS) is 10.2. The van der Waals surface area contributed by atoms with E-state index in [1.165, 1.54) is 0 Å². The third-order valence-electron chi connectivity index (χ3n) is 4.23. The maximum Gasteiger partial charge on any atom is 0.255 e. The Morgan fingerprint density at radius 1 is 0.857 bits per heavy atom. The average molecular weight is 375 g/mol. The summed E-state index contributed by atoms with van der Waals surface area (Å²) in [7, 11) is 1.58. The molecule has 0 aliphatic heterocycles. The fraction of sp³-hybridized carbons (Fsp3) is 0.0909. The van der Waals surface area contributed by atoms with Crippen LogP contribution in [0.1, 0.15) is 26.3 Å². The zero-order valence-electron chi connectivity index (χ0n) is 15.4. The highest BCUT2D eigenvalue weighted by Gasteiger charge is 2.09. The number of nitrogens with two attached hydrogens (primary N) is 1. The highest BCUT2D eigenvalue weighted by atomic mass is 16.5. The molecule has 0 atom stereocenters. The first-order valence-corrected chi connectivity index (χ1v) is 8.74. The molecule has 3 rings (SSSR count). The summed E-state index contributed by atoms with van der Waals surface area (Å²) in [6, 6.07) is 21.0. The van der Waals surface area contributed by atoms with Crippen molar-refractivity contribution in [2.24, 2.45) is 0 Å². The van der Waals surface area contributed by atoms with Crippen molar-refractivity contribution in [1.82, 2.24) is 5.32 Å². The van der Waals surface area contributed by atoms with Gasteiger partial charge in [-0.1, -0.05) is 24.3 Å². The number of anilines is 2. The van der Waals surface area contributed by atoms with E-state index in [-0.39, 0.29) is 11.8 Å². The van der Waals surface area contributed by atoms with Gasteiger partial charge in [0, 0.05) is 17.7 Å². The van der Waals surface area contributed by atoms with E-state index in [1.807, 2.05) is 0 Å². The number of ether oxygens (including phenoxy) is 1. The van der Waals surface area contributed by atoms with Crippen LogP contribution in [0, 0.1) is 0 Å². The molecular weight excluding hydrogens is 354 g/mol. The number of hydrogen-bond acceptors (Lipinski definition) is 4. The Balaban J connectivity index is 1.57. The molecule has 0 unspecified atom stereocenters. The van der Waals surface area contributed by atoms with Crippen molar-refractivity contribution >= 4 is 23.2 Å². The molecule has 2 amide bonds. The number of carbonyl (C=O) groups is 2. The summed E-state index contributed by atoms with van der Waals surface area (Å²) in [5.74, 6) is 0.276. The van der Waals surface area contributed by atoms with Crippen molar-refractivity contribution in [3.8, 4) is 5.75 Å². The fourth-order valence-corrected chi connectivity index (χ4v) is 2.61. The Kier molecular flexibility index (Phi) is 5.91. The third-order valence-corrected chi connectivity index (χ3v) is 4.23. The summed E-state index contributed by atoms with van der Waals surface area (Å²) >= 11 is 0. The lowest BCUT2D eigenvalue weighted by Crippen LogP contribution is -2.22. The molecule has 142 valence electrons. The summed E-state index contributed by atoms with van der Waals surface area (Å²) in [5, 5.41) is 5.63. The molecule has 28 heavy (non-hydrogen) atoms. The number of benzene rings is 3. The van der Waals surface area contributed by atoms with Crippen molar-refractivity contribution in [2.45, 2.75) is 6.54 Å². The Morgan fingerprint density at radius 3 is 2.11 bits per heavy atom. The molecule has 3 aromatic rings. The highest BCUT2D eigenvalue weighted by Crippen LogP contribution is 2.18. The summed E-state index contributed by atoms with van der Waals surface area (Å²) in [6.45, 7) is 0.360. The van der Waals surface area contributed by atoms with E-state index in [0.29, 0.717) is 34.8 Å². The number of methoxy groups -OCH3 is 1. The lowest BCUT2D eigenvalue weighted by Gasteiger charge is -2.09. The molecule has 6 nitrogen and oxygen atoms in total. The van der Waals surface area contributed by atoms with Gasteiger partial charge in [-0.2, -0.15) is 0 Å². The molecule has 6 heteroatoms. The first-order valence-electron chi connectivity index (χ1n) is 8.74. The zero-order chi connectivity index (χ0) is 19.9. The lowest BCUT2D eigenvalue weighted by molar-refractivity contribution is 0.0949. The Morgan fingerprint density at radius 2 is 1.46 bits per heavy atom. The first-order chi connectivity index (χ1) is 13.6. The average Bonchev–Trinajstić information content (AvgIpc) is 2.74. The van der Waals surface area contributed by atoms with Crippen LogP contribution in [0.5, 0.6) is 5.75 Å². The van der Waals surface area contributed by atoms with E-state index in [9.17, 15) is 9.59 Å². The van der Waals surface area contributed by atoms with Crippen LogP contribution in [-0.2, 0) is 6.54 Å². The molecule has 4 N–H and O–H groups in total. The lowest BCUT2D eigenvalue weighted by atomic mass is 10.1.